The van der Waals surface area contributed by atoms with E-state index in [9.17, 15) is 0 Å². The van der Waals surface area contributed by atoms with Crippen molar-refractivity contribution in [3.05, 3.63) is 11.6 Å². The Morgan fingerprint density at radius 2 is 1.90 bits per heavy atom. The van der Waals surface area contributed by atoms with Crippen LogP contribution in [0.3, 0.4) is 0 Å². The van der Waals surface area contributed by atoms with E-state index in [-0.39, 0.29) is 0 Å². The monoisotopic (exact) mass is 296 g/mol. The fourth-order valence-electron chi connectivity index (χ4n) is 3.41. The molecule has 0 spiro atoms. The van der Waals surface area contributed by atoms with E-state index >= 15 is 0 Å². The van der Waals surface area contributed by atoms with Crippen molar-refractivity contribution in [1.82, 2.24) is 10.2 Å². The zero-order valence-corrected chi connectivity index (χ0v) is 14.3. The van der Waals surface area contributed by atoms with E-state index in [1.165, 1.54) is 56.5 Å². The molecule has 1 heterocycles. The minimum Gasteiger partial charge on any atom is -0.311 e. The van der Waals surface area contributed by atoms with E-state index in [2.05, 4.69) is 48.8 Å². The SMILES string of the molecule is CCSC1CCC(NC2CCN(CC=C(C)C)CC2)C1. The summed E-state index contributed by atoms with van der Waals surface area (Å²) in [7, 11) is 0. The van der Waals surface area contributed by atoms with E-state index in [4.69, 9.17) is 0 Å². The summed E-state index contributed by atoms with van der Waals surface area (Å²) in [5.74, 6) is 1.28. The number of nitrogens with zero attached hydrogens (tertiary/aromatic N) is 1. The van der Waals surface area contributed by atoms with Crippen molar-refractivity contribution in [3.63, 3.8) is 0 Å². The Morgan fingerprint density at radius 1 is 1.15 bits per heavy atom. The third-order valence-corrected chi connectivity index (χ3v) is 5.84. The van der Waals surface area contributed by atoms with Gasteiger partial charge in [0, 0.05) is 23.9 Å². The highest BCUT2D eigenvalue weighted by Crippen LogP contribution is 2.30. The van der Waals surface area contributed by atoms with Crippen LogP contribution in [0.2, 0.25) is 0 Å². The quantitative estimate of drug-likeness (QED) is 0.753. The normalized spacial score (nSPS) is 28.8. The van der Waals surface area contributed by atoms with Crippen LogP contribution < -0.4 is 5.32 Å². The number of hydrogen-bond acceptors (Lipinski definition) is 3. The number of rotatable bonds is 6. The predicted octanol–water partition coefficient (Wildman–Crippen LogP) is 3.68. The summed E-state index contributed by atoms with van der Waals surface area (Å²) in [5.41, 5.74) is 1.44. The van der Waals surface area contributed by atoms with E-state index in [1.807, 2.05) is 0 Å². The maximum Gasteiger partial charge on any atom is 0.0165 e. The van der Waals surface area contributed by atoms with Gasteiger partial charge in [-0.05, 0) is 64.8 Å². The molecule has 2 fully saturated rings. The van der Waals surface area contributed by atoms with Crippen LogP contribution >= 0.6 is 11.8 Å². The van der Waals surface area contributed by atoms with E-state index in [0.29, 0.717) is 0 Å². The Morgan fingerprint density at radius 3 is 2.55 bits per heavy atom. The lowest BCUT2D eigenvalue weighted by Crippen LogP contribution is -2.45. The molecule has 0 aromatic carbocycles. The topological polar surface area (TPSA) is 15.3 Å². The van der Waals surface area contributed by atoms with Gasteiger partial charge in [-0.15, -0.1) is 0 Å². The van der Waals surface area contributed by atoms with Gasteiger partial charge < -0.3 is 5.32 Å². The zero-order valence-electron chi connectivity index (χ0n) is 13.5. The highest BCUT2D eigenvalue weighted by atomic mass is 32.2. The molecule has 0 aromatic heterocycles. The number of likely N-dealkylation sites (tertiary alicyclic amines) is 1. The standard InChI is InChI=1S/C17H32N2S/c1-4-20-17-6-5-16(13-17)18-15-8-11-19(12-9-15)10-7-14(2)3/h7,15-18H,4-6,8-13H2,1-3H3. The van der Waals surface area contributed by atoms with Crippen LogP contribution in [-0.4, -0.2) is 47.6 Å². The Hall–Kier alpha value is 0.0100. The van der Waals surface area contributed by atoms with Crippen LogP contribution in [0, 0.1) is 0 Å². The lowest BCUT2D eigenvalue weighted by Gasteiger charge is -2.33. The van der Waals surface area contributed by atoms with Crippen LogP contribution in [0.15, 0.2) is 11.6 Å². The number of thioether (sulfide) groups is 1. The highest BCUT2D eigenvalue weighted by Gasteiger charge is 2.27. The lowest BCUT2D eigenvalue weighted by molar-refractivity contribution is 0.206. The minimum absolute atomic E-state index is 0.772. The van der Waals surface area contributed by atoms with Crippen LogP contribution in [0.5, 0.6) is 0 Å². The van der Waals surface area contributed by atoms with Gasteiger partial charge in [-0.3, -0.25) is 4.90 Å². The first-order chi connectivity index (χ1) is 9.67. The van der Waals surface area contributed by atoms with Gasteiger partial charge >= 0.3 is 0 Å². The summed E-state index contributed by atoms with van der Waals surface area (Å²) >= 11 is 2.16. The van der Waals surface area contributed by atoms with Gasteiger partial charge in [0.15, 0.2) is 0 Å². The number of nitrogens with one attached hydrogen (secondary N) is 1. The molecule has 3 heteroatoms. The van der Waals surface area contributed by atoms with Gasteiger partial charge in [0.2, 0.25) is 0 Å². The Kier molecular flexibility index (Phi) is 6.92. The van der Waals surface area contributed by atoms with Gasteiger partial charge in [-0.1, -0.05) is 18.6 Å². The van der Waals surface area contributed by atoms with Crippen molar-refractivity contribution in [2.75, 3.05) is 25.4 Å². The largest absolute Gasteiger partial charge is 0.311 e. The fraction of sp³-hybridized carbons (Fsp3) is 0.882. The predicted molar refractivity (Wildman–Crippen MR) is 91.6 cm³/mol. The summed E-state index contributed by atoms with van der Waals surface area (Å²) in [6.07, 6.45) is 9.25. The molecule has 2 atom stereocenters. The van der Waals surface area contributed by atoms with Crippen LogP contribution in [0.25, 0.3) is 0 Å². The van der Waals surface area contributed by atoms with Crippen molar-refractivity contribution >= 4 is 11.8 Å². The molecule has 2 nitrogen and oxygen atoms in total. The van der Waals surface area contributed by atoms with Gasteiger partial charge in [-0.25, -0.2) is 0 Å². The third kappa shape index (κ3) is 5.42. The molecule has 1 saturated carbocycles. The summed E-state index contributed by atoms with van der Waals surface area (Å²) in [5, 5.41) is 4.86. The Bertz CT molecular complexity index is 304. The first kappa shape index (κ1) is 16.4. The molecular formula is C17H32N2S. The maximum atomic E-state index is 3.94. The summed E-state index contributed by atoms with van der Waals surface area (Å²) in [6, 6.07) is 1.57. The molecule has 0 amide bonds. The van der Waals surface area contributed by atoms with Crippen LogP contribution in [0.1, 0.15) is 52.9 Å². The second-order valence-corrected chi connectivity index (χ2v) is 8.19. The van der Waals surface area contributed by atoms with E-state index < -0.39 is 0 Å². The Balaban J connectivity index is 1.64. The highest BCUT2D eigenvalue weighted by molar-refractivity contribution is 7.99. The summed E-state index contributed by atoms with van der Waals surface area (Å²) in [6.45, 7) is 10.3. The molecule has 116 valence electrons. The van der Waals surface area contributed by atoms with Gasteiger partial charge in [0.05, 0.1) is 0 Å². The van der Waals surface area contributed by atoms with Crippen molar-refractivity contribution < 1.29 is 0 Å². The molecule has 1 N–H and O–H groups in total. The molecule has 1 aliphatic carbocycles. The van der Waals surface area contributed by atoms with Crippen molar-refractivity contribution in [1.29, 1.82) is 0 Å². The molecule has 1 aliphatic heterocycles. The van der Waals surface area contributed by atoms with Gasteiger partial charge in [0.25, 0.3) is 0 Å². The maximum absolute atomic E-state index is 3.94. The number of hydrogen-bond donors (Lipinski definition) is 1. The van der Waals surface area contributed by atoms with E-state index in [1.54, 1.807) is 0 Å². The molecule has 2 rings (SSSR count). The second kappa shape index (κ2) is 8.45. The van der Waals surface area contributed by atoms with Gasteiger partial charge in [-0.2, -0.15) is 11.8 Å². The molecule has 1 saturated heterocycles. The van der Waals surface area contributed by atoms with Crippen molar-refractivity contribution in [2.24, 2.45) is 0 Å². The molecule has 2 aliphatic rings. The lowest BCUT2D eigenvalue weighted by atomic mass is 10.0. The number of allylic oxidation sites excluding steroid dienone is 1. The van der Waals surface area contributed by atoms with Crippen LogP contribution in [0.4, 0.5) is 0 Å². The third-order valence-electron chi connectivity index (χ3n) is 4.60. The first-order valence-corrected chi connectivity index (χ1v) is 9.45. The summed E-state index contributed by atoms with van der Waals surface area (Å²) in [4.78, 5) is 2.59. The second-order valence-electron chi connectivity index (χ2n) is 6.61. The smallest absolute Gasteiger partial charge is 0.0165 e. The zero-order chi connectivity index (χ0) is 14.4. The molecule has 2 unspecified atom stereocenters. The summed E-state index contributed by atoms with van der Waals surface area (Å²) < 4.78 is 0. The van der Waals surface area contributed by atoms with E-state index in [0.717, 1.165) is 23.9 Å². The van der Waals surface area contributed by atoms with Gasteiger partial charge in [0.1, 0.15) is 0 Å². The molecule has 0 bridgehead atoms. The minimum atomic E-state index is 0.772. The molecule has 20 heavy (non-hydrogen) atoms. The molecule has 0 aromatic rings. The molecule has 0 radical (unpaired) electrons. The number of piperidine rings is 1. The van der Waals surface area contributed by atoms with Crippen molar-refractivity contribution in [2.45, 2.75) is 70.2 Å². The fourth-order valence-corrected chi connectivity index (χ4v) is 4.55. The average Bonchev–Trinajstić information content (AvgIpc) is 2.86. The Labute approximate surface area is 129 Å². The average molecular weight is 297 g/mol. The first-order valence-electron chi connectivity index (χ1n) is 8.40. The molecular weight excluding hydrogens is 264 g/mol. The van der Waals surface area contributed by atoms with Crippen molar-refractivity contribution in [3.8, 4) is 0 Å². The van der Waals surface area contributed by atoms with Crippen LogP contribution in [-0.2, 0) is 0 Å².